The van der Waals surface area contributed by atoms with Crippen LogP contribution in [-0.2, 0) is 12.8 Å². The predicted molar refractivity (Wildman–Crippen MR) is 84.5 cm³/mol. The number of para-hydroxylation sites is 1. The van der Waals surface area contributed by atoms with Crippen molar-refractivity contribution in [1.82, 2.24) is 10.4 Å². The van der Waals surface area contributed by atoms with Crippen molar-refractivity contribution in [1.29, 1.82) is 0 Å². The molecule has 3 N–H and O–H groups in total. The van der Waals surface area contributed by atoms with Gasteiger partial charge < -0.3 is 0 Å². The van der Waals surface area contributed by atoms with Crippen LogP contribution in [0.5, 0.6) is 0 Å². The quantitative estimate of drug-likeness (QED) is 0.562. The summed E-state index contributed by atoms with van der Waals surface area (Å²) >= 11 is 1.67. The summed E-state index contributed by atoms with van der Waals surface area (Å²) in [6.07, 6.45) is 1.40. The molecular formula is C16H16FN3S. The van der Waals surface area contributed by atoms with E-state index in [0.717, 1.165) is 22.5 Å². The highest BCUT2D eigenvalue weighted by Gasteiger charge is 2.12. The number of hydrogen-bond donors (Lipinski definition) is 2. The Morgan fingerprint density at radius 3 is 2.76 bits per heavy atom. The highest BCUT2D eigenvalue weighted by atomic mass is 32.1. The second-order valence-electron chi connectivity index (χ2n) is 4.98. The highest BCUT2D eigenvalue weighted by molar-refractivity contribution is 7.18. The molecule has 0 aliphatic rings. The number of nitrogens with two attached hydrogens (primary N) is 1. The van der Waals surface area contributed by atoms with E-state index in [0.29, 0.717) is 6.42 Å². The molecule has 0 saturated heterocycles. The van der Waals surface area contributed by atoms with E-state index in [-0.39, 0.29) is 11.9 Å². The molecule has 2 aromatic carbocycles. The van der Waals surface area contributed by atoms with Gasteiger partial charge in [0.1, 0.15) is 5.82 Å². The topological polar surface area (TPSA) is 50.9 Å². The summed E-state index contributed by atoms with van der Waals surface area (Å²) in [5, 5.41) is 1.04. The first-order chi connectivity index (χ1) is 10.2. The summed E-state index contributed by atoms with van der Waals surface area (Å²) in [5.74, 6) is 5.41. The van der Waals surface area contributed by atoms with Crippen LogP contribution in [-0.4, -0.2) is 11.0 Å². The minimum Gasteiger partial charge on any atom is -0.271 e. The summed E-state index contributed by atoms with van der Waals surface area (Å²) in [5.41, 5.74) is 4.75. The number of halogens is 1. The van der Waals surface area contributed by atoms with Crippen LogP contribution in [0.4, 0.5) is 4.39 Å². The van der Waals surface area contributed by atoms with Crippen LogP contribution in [0, 0.1) is 5.82 Å². The van der Waals surface area contributed by atoms with Crippen LogP contribution in [0.3, 0.4) is 0 Å². The third-order valence-corrected chi connectivity index (χ3v) is 4.42. The maximum Gasteiger partial charge on any atom is 0.123 e. The van der Waals surface area contributed by atoms with E-state index in [2.05, 4.69) is 16.5 Å². The molecule has 0 fully saturated rings. The molecule has 3 aromatic rings. The third-order valence-electron chi connectivity index (χ3n) is 3.37. The van der Waals surface area contributed by atoms with Crippen molar-refractivity contribution in [2.75, 3.05) is 0 Å². The van der Waals surface area contributed by atoms with E-state index in [1.807, 2.05) is 24.3 Å². The Bertz CT molecular complexity index is 708. The summed E-state index contributed by atoms with van der Waals surface area (Å²) in [6, 6.07) is 14.7. The summed E-state index contributed by atoms with van der Waals surface area (Å²) in [6.45, 7) is 0. The maximum absolute atomic E-state index is 13.2. The van der Waals surface area contributed by atoms with E-state index in [1.54, 1.807) is 23.5 Å². The zero-order valence-electron chi connectivity index (χ0n) is 11.4. The van der Waals surface area contributed by atoms with E-state index >= 15 is 0 Å². The molecule has 0 aliphatic heterocycles. The molecule has 1 atom stereocenters. The van der Waals surface area contributed by atoms with Crippen LogP contribution < -0.4 is 11.3 Å². The normalized spacial score (nSPS) is 12.7. The molecule has 1 aromatic heterocycles. The van der Waals surface area contributed by atoms with Gasteiger partial charge in [-0.1, -0.05) is 24.3 Å². The van der Waals surface area contributed by atoms with Crippen molar-refractivity contribution in [3.05, 3.63) is 64.9 Å². The van der Waals surface area contributed by atoms with Gasteiger partial charge in [-0.25, -0.2) is 9.37 Å². The third kappa shape index (κ3) is 3.44. The number of rotatable bonds is 5. The number of benzene rings is 2. The lowest BCUT2D eigenvalue weighted by molar-refractivity contribution is 0.520. The van der Waals surface area contributed by atoms with E-state index < -0.39 is 0 Å². The molecular weight excluding hydrogens is 285 g/mol. The molecule has 0 saturated carbocycles. The predicted octanol–water partition coefficient (Wildman–Crippen LogP) is 3.05. The standard InChI is InChI=1S/C16H16FN3S/c17-12-5-3-4-11(8-12)9-13(20-18)10-16-19-14-6-1-2-7-15(14)21-16/h1-8,13,20H,9-10,18H2. The molecule has 3 nitrogen and oxygen atoms in total. The molecule has 108 valence electrons. The summed E-state index contributed by atoms with van der Waals surface area (Å²) in [7, 11) is 0. The second kappa shape index (κ2) is 6.30. The van der Waals surface area contributed by atoms with Crippen LogP contribution in [0.1, 0.15) is 10.6 Å². The SMILES string of the molecule is NNC(Cc1cccc(F)c1)Cc1nc2ccccc2s1. The summed E-state index contributed by atoms with van der Waals surface area (Å²) < 4.78 is 14.4. The molecule has 0 bridgehead atoms. The zero-order valence-corrected chi connectivity index (χ0v) is 12.2. The first kappa shape index (κ1) is 14.1. The lowest BCUT2D eigenvalue weighted by atomic mass is 10.0. The van der Waals surface area contributed by atoms with Gasteiger partial charge in [0, 0.05) is 12.5 Å². The average molecular weight is 301 g/mol. The first-order valence-electron chi connectivity index (χ1n) is 6.79. The van der Waals surface area contributed by atoms with Crippen molar-refractivity contribution in [2.45, 2.75) is 18.9 Å². The molecule has 5 heteroatoms. The van der Waals surface area contributed by atoms with Crippen LogP contribution in [0.25, 0.3) is 10.2 Å². The van der Waals surface area contributed by atoms with Gasteiger partial charge in [0.2, 0.25) is 0 Å². The van der Waals surface area contributed by atoms with Crippen molar-refractivity contribution < 1.29 is 4.39 Å². The van der Waals surface area contributed by atoms with Gasteiger partial charge in [-0.2, -0.15) is 0 Å². The van der Waals surface area contributed by atoms with Gasteiger partial charge in [0.15, 0.2) is 0 Å². The van der Waals surface area contributed by atoms with E-state index in [4.69, 9.17) is 5.84 Å². The fraction of sp³-hybridized carbons (Fsp3) is 0.188. The molecule has 21 heavy (non-hydrogen) atoms. The van der Waals surface area contributed by atoms with Gasteiger partial charge in [-0.05, 0) is 36.2 Å². The lowest BCUT2D eigenvalue weighted by Gasteiger charge is -2.14. The summed E-state index contributed by atoms with van der Waals surface area (Å²) in [4.78, 5) is 4.61. The molecule has 0 amide bonds. The van der Waals surface area contributed by atoms with Gasteiger partial charge in [-0.15, -0.1) is 11.3 Å². The molecule has 3 rings (SSSR count). The number of hydrogen-bond acceptors (Lipinski definition) is 4. The minimum atomic E-state index is -0.219. The van der Waals surface area contributed by atoms with Crippen LogP contribution in [0.15, 0.2) is 48.5 Å². The number of nitrogens with zero attached hydrogens (tertiary/aromatic N) is 1. The Morgan fingerprint density at radius 1 is 1.14 bits per heavy atom. The highest BCUT2D eigenvalue weighted by Crippen LogP contribution is 2.23. The Morgan fingerprint density at radius 2 is 2.00 bits per heavy atom. The van der Waals surface area contributed by atoms with E-state index in [9.17, 15) is 4.39 Å². The smallest absolute Gasteiger partial charge is 0.123 e. The number of thiazole rings is 1. The Balaban J connectivity index is 1.74. The molecule has 1 unspecified atom stereocenters. The van der Waals surface area contributed by atoms with Crippen molar-refractivity contribution in [3.63, 3.8) is 0 Å². The van der Waals surface area contributed by atoms with Crippen LogP contribution >= 0.6 is 11.3 Å². The largest absolute Gasteiger partial charge is 0.271 e. The number of nitrogens with one attached hydrogen (secondary N) is 1. The van der Waals surface area contributed by atoms with E-state index in [1.165, 1.54) is 10.8 Å². The molecule has 0 aliphatic carbocycles. The van der Waals surface area contributed by atoms with Crippen molar-refractivity contribution in [3.8, 4) is 0 Å². The average Bonchev–Trinajstić information content (AvgIpc) is 2.89. The van der Waals surface area contributed by atoms with Gasteiger partial charge in [0.05, 0.1) is 15.2 Å². The Hall–Kier alpha value is -1.82. The molecule has 0 spiro atoms. The molecule has 0 radical (unpaired) electrons. The number of aromatic nitrogens is 1. The Labute approximate surface area is 126 Å². The lowest BCUT2D eigenvalue weighted by Crippen LogP contribution is -2.38. The fourth-order valence-electron chi connectivity index (χ4n) is 2.36. The van der Waals surface area contributed by atoms with Crippen LogP contribution in [0.2, 0.25) is 0 Å². The number of hydrazine groups is 1. The Kier molecular flexibility index (Phi) is 4.24. The second-order valence-corrected chi connectivity index (χ2v) is 6.09. The van der Waals surface area contributed by atoms with Crippen molar-refractivity contribution >= 4 is 21.6 Å². The first-order valence-corrected chi connectivity index (χ1v) is 7.61. The minimum absolute atomic E-state index is 0.0346. The molecule has 1 heterocycles. The van der Waals surface area contributed by atoms with Gasteiger partial charge >= 0.3 is 0 Å². The fourth-order valence-corrected chi connectivity index (χ4v) is 3.40. The maximum atomic E-state index is 13.2. The van der Waals surface area contributed by atoms with Gasteiger partial charge in [0.25, 0.3) is 0 Å². The van der Waals surface area contributed by atoms with Crippen molar-refractivity contribution in [2.24, 2.45) is 5.84 Å². The number of fused-ring (bicyclic) bond motifs is 1. The van der Waals surface area contributed by atoms with Gasteiger partial charge in [-0.3, -0.25) is 11.3 Å². The zero-order chi connectivity index (χ0) is 14.7. The monoisotopic (exact) mass is 301 g/mol.